The predicted molar refractivity (Wildman–Crippen MR) is 86.0 cm³/mol. The van der Waals surface area contributed by atoms with Gasteiger partial charge in [-0.15, -0.1) is 11.8 Å². The van der Waals surface area contributed by atoms with Gasteiger partial charge >= 0.3 is 0 Å². The Morgan fingerprint density at radius 2 is 2.35 bits per heavy atom. The van der Waals surface area contributed by atoms with Gasteiger partial charge in [-0.25, -0.2) is 0 Å². The minimum atomic E-state index is 0.156. The van der Waals surface area contributed by atoms with E-state index in [1.54, 1.807) is 11.8 Å². The van der Waals surface area contributed by atoms with Crippen LogP contribution in [0.1, 0.15) is 30.9 Å². The zero-order valence-electron chi connectivity index (χ0n) is 12.3. The lowest BCUT2D eigenvalue weighted by atomic mass is 10.00. The molecule has 1 fully saturated rings. The third-order valence-electron chi connectivity index (χ3n) is 3.69. The van der Waals surface area contributed by atoms with Crippen LogP contribution in [0.25, 0.3) is 0 Å². The molecule has 0 saturated carbocycles. The second-order valence-electron chi connectivity index (χ2n) is 5.54. The summed E-state index contributed by atoms with van der Waals surface area (Å²) >= 11 is 1.68. The minimum Gasteiger partial charge on any atom is -0.351 e. The molecule has 0 aliphatic carbocycles. The largest absolute Gasteiger partial charge is 0.351 e. The topological polar surface area (TPSA) is 41.1 Å². The molecule has 1 aliphatic heterocycles. The van der Waals surface area contributed by atoms with Gasteiger partial charge in [0.2, 0.25) is 5.91 Å². The Morgan fingerprint density at radius 3 is 3.10 bits per heavy atom. The van der Waals surface area contributed by atoms with Gasteiger partial charge in [-0.2, -0.15) is 0 Å². The quantitative estimate of drug-likeness (QED) is 0.876. The van der Waals surface area contributed by atoms with E-state index in [1.807, 2.05) is 0 Å². The fourth-order valence-corrected chi connectivity index (χ4v) is 3.34. The molecule has 3 nitrogen and oxygen atoms in total. The van der Waals surface area contributed by atoms with Crippen molar-refractivity contribution < 1.29 is 4.79 Å². The molecule has 2 atom stereocenters. The van der Waals surface area contributed by atoms with Crippen LogP contribution in [0.2, 0.25) is 0 Å². The first-order valence-corrected chi connectivity index (χ1v) is 8.46. The van der Waals surface area contributed by atoms with Crippen LogP contribution in [0.3, 0.4) is 0 Å². The van der Waals surface area contributed by atoms with Gasteiger partial charge in [0.1, 0.15) is 0 Å². The summed E-state index contributed by atoms with van der Waals surface area (Å²) < 4.78 is 0. The molecule has 1 saturated heterocycles. The highest BCUT2D eigenvalue weighted by molar-refractivity contribution is 7.99. The van der Waals surface area contributed by atoms with Crippen molar-refractivity contribution in [2.24, 2.45) is 0 Å². The van der Waals surface area contributed by atoms with Crippen LogP contribution >= 0.6 is 11.8 Å². The average Bonchev–Trinajstić information content (AvgIpc) is 2.41. The number of benzene rings is 1. The van der Waals surface area contributed by atoms with E-state index in [4.69, 9.17) is 0 Å². The van der Waals surface area contributed by atoms with Crippen molar-refractivity contribution in [3.8, 4) is 0 Å². The zero-order chi connectivity index (χ0) is 14.4. The molecular weight excluding hydrogens is 268 g/mol. The molecule has 0 aromatic heterocycles. The van der Waals surface area contributed by atoms with Crippen LogP contribution in [0.15, 0.2) is 24.3 Å². The van der Waals surface area contributed by atoms with E-state index in [0.29, 0.717) is 11.8 Å². The summed E-state index contributed by atoms with van der Waals surface area (Å²) in [4.78, 5) is 12.0. The summed E-state index contributed by atoms with van der Waals surface area (Å²) in [5, 5.41) is 6.55. The SMILES string of the molecule is Cc1cccc(CSCC(=O)NC2CCCNC2C)c1. The number of thioether (sulfide) groups is 1. The van der Waals surface area contributed by atoms with E-state index in [2.05, 4.69) is 48.7 Å². The highest BCUT2D eigenvalue weighted by Crippen LogP contribution is 2.14. The lowest BCUT2D eigenvalue weighted by Crippen LogP contribution is -2.52. The molecule has 1 aromatic carbocycles. The first-order valence-electron chi connectivity index (χ1n) is 7.31. The Labute approximate surface area is 125 Å². The van der Waals surface area contributed by atoms with E-state index in [-0.39, 0.29) is 11.9 Å². The summed E-state index contributed by atoms with van der Waals surface area (Å²) in [6, 6.07) is 9.13. The van der Waals surface area contributed by atoms with Crippen LogP contribution < -0.4 is 10.6 Å². The van der Waals surface area contributed by atoms with E-state index in [1.165, 1.54) is 11.1 Å². The maximum absolute atomic E-state index is 12.0. The number of carbonyl (C=O) groups excluding carboxylic acids is 1. The Hall–Kier alpha value is -1.00. The summed E-state index contributed by atoms with van der Waals surface area (Å²) in [5.41, 5.74) is 2.56. The lowest BCUT2D eigenvalue weighted by Gasteiger charge is -2.30. The molecular formula is C16H24N2OS. The summed E-state index contributed by atoms with van der Waals surface area (Å²) in [6.45, 7) is 5.30. The molecule has 4 heteroatoms. The second-order valence-corrected chi connectivity index (χ2v) is 6.53. The normalized spacial score (nSPS) is 22.5. The molecule has 1 aromatic rings. The molecule has 110 valence electrons. The van der Waals surface area contributed by atoms with Gasteiger partial charge in [0.05, 0.1) is 5.75 Å². The maximum atomic E-state index is 12.0. The molecule has 2 unspecified atom stereocenters. The standard InChI is InChI=1S/C16H24N2OS/c1-12-5-3-6-14(9-12)10-20-11-16(19)18-15-7-4-8-17-13(15)2/h3,5-6,9,13,15,17H,4,7-8,10-11H2,1-2H3,(H,18,19). The van der Waals surface area contributed by atoms with Crippen molar-refractivity contribution in [2.45, 2.75) is 44.5 Å². The Kier molecular flexibility index (Phi) is 5.92. The average molecular weight is 292 g/mol. The predicted octanol–water partition coefficient (Wildman–Crippen LogP) is 2.48. The number of rotatable bonds is 5. The van der Waals surface area contributed by atoms with Gasteiger partial charge in [-0.1, -0.05) is 29.8 Å². The minimum absolute atomic E-state index is 0.156. The molecule has 2 N–H and O–H groups in total. The van der Waals surface area contributed by atoms with Crippen molar-refractivity contribution in [2.75, 3.05) is 12.3 Å². The number of piperidine rings is 1. The molecule has 1 aliphatic rings. The van der Waals surface area contributed by atoms with Crippen LogP contribution in [-0.4, -0.2) is 30.3 Å². The van der Waals surface area contributed by atoms with Crippen LogP contribution in [0.4, 0.5) is 0 Å². The van der Waals surface area contributed by atoms with Gasteiger partial charge in [-0.05, 0) is 38.8 Å². The van der Waals surface area contributed by atoms with Gasteiger partial charge in [-0.3, -0.25) is 4.79 Å². The third-order valence-corrected chi connectivity index (χ3v) is 4.70. The number of amides is 1. The third kappa shape index (κ3) is 4.84. The smallest absolute Gasteiger partial charge is 0.230 e. The monoisotopic (exact) mass is 292 g/mol. The van der Waals surface area contributed by atoms with Gasteiger partial charge in [0, 0.05) is 17.8 Å². The van der Waals surface area contributed by atoms with Crippen LogP contribution in [-0.2, 0) is 10.5 Å². The van der Waals surface area contributed by atoms with Crippen molar-refractivity contribution >= 4 is 17.7 Å². The van der Waals surface area contributed by atoms with Gasteiger partial charge in [0.15, 0.2) is 0 Å². The number of aryl methyl sites for hydroxylation is 1. The van der Waals surface area contributed by atoms with Crippen LogP contribution in [0.5, 0.6) is 0 Å². The molecule has 0 radical (unpaired) electrons. The molecule has 1 heterocycles. The fourth-order valence-electron chi connectivity index (χ4n) is 2.55. The second kappa shape index (κ2) is 7.70. The number of hydrogen-bond donors (Lipinski definition) is 2. The highest BCUT2D eigenvalue weighted by Gasteiger charge is 2.21. The van der Waals surface area contributed by atoms with Gasteiger partial charge < -0.3 is 10.6 Å². The number of hydrogen-bond acceptors (Lipinski definition) is 3. The summed E-state index contributed by atoms with van der Waals surface area (Å²) in [6.07, 6.45) is 2.23. The van der Waals surface area contributed by atoms with Crippen molar-refractivity contribution in [3.05, 3.63) is 35.4 Å². The van der Waals surface area contributed by atoms with E-state index in [0.717, 1.165) is 25.1 Å². The first kappa shape index (κ1) is 15.4. The maximum Gasteiger partial charge on any atom is 0.230 e. The van der Waals surface area contributed by atoms with E-state index in [9.17, 15) is 4.79 Å². The summed E-state index contributed by atoms with van der Waals surface area (Å²) in [7, 11) is 0. The van der Waals surface area contributed by atoms with Crippen molar-refractivity contribution in [1.29, 1.82) is 0 Å². The fraction of sp³-hybridized carbons (Fsp3) is 0.562. The zero-order valence-corrected chi connectivity index (χ0v) is 13.1. The Morgan fingerprint density at radius 1 is 1.50 bits per heavy atom. The number of nitrogens with one attached hydrogen (secondary N) is 2. The molecule has 20 heavy (non-hydrogen) atoms. The summed E-state index contributed by atoms with van der Waals surface area (Å²) in [5.74, 6) is 1.59. The van der Waals surface area contributed by atoms with E-state index >= 15 is 0 Å². The van der Waals surface area contributed by atoms with Crippen molar-refractivity contribution in [1.82, 2.24) is 10.6 Å². The van der Waals surface area contributed by atoms with Crippen LogP contribution in [0, 0.1) is 6.92 Å². The first-order chi connectivity index (χ1) is 9.65. The number of carbonyl (C=O) groups is 1. The Bertz CT molecular complexity index is 450. The van der Waals surface area contributed by atoms with Gasteiger partial charge in [0.25, 0.3) is 0 Å². The molecule has 0 spiro atoms. The molecule has 1 amide bonds. The highest BCUT2D eigenvalue weighted by atomic mass is 32.2. The Balaban J connectivity index is 1.70. The lowest BCUT2D eigenvalue weighted by molar-refractivity contribution is -0.119. The molecule has 0 bridgehead atoms. The van der Waals surface area contributed by atoms with E-state index < -0.39 is 0 Å². The van der Waals surface area contributed by atoms with Crippen molar-refractivity contribution in [3.63, 3.8) is 0 Å². The molecule has 2 rings (SSSR count).